The first-order valence-corrected chi connectivity index (χ1v) is 9.24. The molecule has 134 valence electrons. The number of benzene rings is 2. The number of carbonyl (C=O) groups is 1. The van der Waals surface area contributed by atoms with E-state index in [4.69, 9.17) is 4.74 Å². The highest BCUT2D eigenvalue weighted by Gasteiger charge is 2.27. The number of ether oxygens (including phenoxy) is 1. The standard InChI is InChI=1S/C20H20BrN3O2/c1-26-18-8-4-15(5-9-18)19(14-22)23-10-12-24(13-11-23)20(25)16-2-6-17(21)7-3-16/h2-9,19H,10-13H2,1H3/t19-/m0/s1. The lowest BCUT2D eigenvalue weighted by Crippen LogP contribution is -2.49. The summed E-state index contributed by atoms with van der Waals surface area (Å²) in [6.07, 6.45) is 0. The number of nitrogens with zero attached hydrogens (tertiary/aromatic N) is 3. The van der Waals surface area contributed by atoms with Crippen LogP contribution >= 0.6 is 15.9 Å². The quantitative estimate of drug-likeness (QED) is 0.769. The molecule has 0 aromatic heterocycles. The van der Waals surface area contributed by atoms with Crippen LogP contribution in [0, 0.1) is 11.3 Å². The summed E-state index contributed by atoms with van der Waals surface area (Å²) in [6, 6.07) is 17.1. The van der Waals surface area contributed by atoms with E-state index in [0.717, 1.165) is 15.8 Å². The van der Waals surface area contributed by atoms with Gasteiger partial charge in [-0.25, -0.2) is 0 Å². The highest BCUT2D eigenvalue weighted by Crippen LogP contribution is 2.24. The second kappa shape index (κ2) is 8.35. The third-order valence-electron chi connectivity index (χ3n) is 4.61. The van der Waals surface area contributed by atoms with E-state index < -0.39 is 0 Å². The van der Waals surface area contributed by atoms with E-state index in [2.05, 4.69) is 26.9 Å². The van der Waals surface area contributed by atoms with Gasteiger partial charge in [0.2, 0.25) is 0 Å². The van der Waals surface area contributed by atoms with E-state index in [1.807, 2.05) is 53.4 Å². The summed E-state index contributed by atoms with van der Waals surface area (Å²) in [5.41, 5.74) is 1.63. The topological polar surface area (TPSA) is 56.6 Å². The molecular formula is C20H20BrN3O2. The average Bonchev–Trinajstić information content (AvgIpc) is 2.70. The van der Waals surface area contributed by atoms with Gasteiger partial charge in [-0.1, -0.05) is 28.1 Å². The van der Waals surface area contributed by atoms with E-state index in [1.54, 1.807) is 7.11 Å². The van der Waals surface area contributed by atoms with Gasteiger partial charge < -0.3 is 9.64 Å². The van der Waals surface area contributed by atoms with Crippen LogP contribution in [0.15, 0.2) is 53.0 Å². The Morgan fingerprint density at radius 3 is 2.23 bits per heavy atom. The van der Waals surface area contributed by atoms with Crippen LogP contribution in [0.1, 0.15) is 22.0 Å². The van der Waals surface area contributed by atoms with Gasteiger partial charge in [0.05, 0.1) is 13.2 Å². The first-order chi connectivity index (χ1) is 12.6. The molecule has 0 bridgehead atoms. The Labute approximate surface area is 161 Å². The Morgan fingerprint density at radius 1 is 1.08 bits per heavy atom. The predicted octanol–water partition coefficient (Wildman–Crippen LogP) is 3.48. The molecule has 0 aliphatic carbocycles. The molecule has 6 heteroatoms. The Kier molecular flexibility index (Phi) is 5.92. The summed E-state index contributed by atoms with van der Waals surface area (Å²) >= 11 is 3.38. The van der Waals surface area contributed by atoms with Gasteiger partial charge in [0.25, 0.3) is 5.91 Å². The number of hydrogen-bond donors (Lipinski definition) is 0. The molecule has 0 N–H and O–H groups in total. The third kappa shape index (κ3) is 4.06. The lowest BCUT2D eigenvalue weighted by Gasteiger charge is -2.37. The van der Waals surface area contributed by atoms with Crippen molar-refractivity contribution in [3.63, 3.8) is 0 Å². The SMILES string of the molecule is COc1ccc([C@H](C#N)N2CCN(C(=O)c3ccc(Br)cc3)CC2)cc1. The van der Waals surface area contributed by atoms with Crippen molar-refractivity contribution < 1.29 is 9.53 Å². The van der Waals surface area contributed by atoms with E-state index >= 15 is 0 Å². The van der Waals surface area contributed by atoms with Gasteiger partial charge >= 0.3 is 0 Å². The van der Waals surface area contributed by atoms with Crippen molar-refractivity contribution in [2.75, 3.05) is 33.3 Å². The molecule has 0 saturated carbocycles. The molecule has 26 heavy (non-hydrogen) atoms. The predicted molar refractivity (Wildman–Crippen MR) is 103 cm³/mol. The summed E-state index contributed by atoms with van der Waals surface area (Å²) in [4.78, 5) is 16.6. The molecule has 1 atom stereocenters. The van der Waals surface area contributed by atoms with Crippen molar-refractivity contribution in [1.82, 2.24) is 9.80 Å². The maximum absolute atomic E-state index is 12.6. The Bertz CT molecular complexity index is 791. The van der Waals surface area contributed by atoms with Crippen molar-refractivity contribution in [3.8, 4) is 11.8 Å². The largest absolute Gasteiger partial charge is 0.497 e. The molecule has 5 nitrogen and oxygen atoms in total. The highest BCUT2D eigenvalue weighted by atomic mass is 79.9. The summed E-state index contributed by atoms with van der Waals surface area (Å²) in [6.45, 7) is 2.57. The Morgan fingerprint density at radius 2 is 1.69 bits per heavy atom. The first-order valence-electron chi connectivity index (χ1n) is 8.45. The number of amides is 1. The van der Waals surface area contributed by atoms with Gasteiger partial charge in [-0.05, 0) is 42.0 Å². The fraction of sp³-hybridized carbons (Fsp3) is 0.300. The van der Waals surface area contributed by atoms with Crippen LogP contribution in [0.5, 0.6) is 5.75 Å². The van der Waals surface area contributed by atoms with Crippen LogP contribution in [-0.4, -0.2) is 49.0 Å². The zero-order chi connectivity index (χ0) is 18.5. The molecule has 1 aliphatic heterocycles. The van der Waals surface area contributed by atoms with E-state index in [0.29, 0.717) is 31.7 Å². The summed E-state index contributed by atoms with van der Waals surface area (Å²) in [5, 5.41) is 9.63. The van der Waals surface area contributed by atoms with Gasteiger partial charge in [-0.15, -0.1) is 0 Å². The van der Waals surface area contributed by atoms with Gasteiger partial charge in [0.1, 0.15) is 11.8 Å². The zero-order valence-electron chi connectivity index (χ0n) is 14.6. The van der Waals surface area contributed by atoms with Crippen molar-refractivity contribution >= 4 is 21.8 Å². The van der Waals surface area contributed by atoms with Crippen LogP contribution in [0.4, 0.5) is 0 Å². The number of rotatable bonds is 4. The van der Waals surface area contributed by atoms with Crippen molar-refractivity contribution in [1.29, 1.82) is 5.26 Å². The number of halogens is 1. The molecule has 0 radical (unpaired) electrons. The highest BCUT2D eigenvalue weighted by molar-refractivity contribution is 9.10. The number of carbonyl (C=O) groups excluding carboxylic acids is 1. The van der Waals surface area contributed by atoms with Crippen LogP contribution in [0.2, 0.25) is 0 Å². The van der Waals surface area contributed by atoms with E-state index in [1.165, 1.54) is 0 Å². The van der Waals surface area contributed by atoms with Crippen LogP contribution in [-0.2, 0) is 0 Å². The van der Waals surface area contributed by atoms with E-state index in [9.17, 15) is 10.1 Å². The van der Waals surface area contributed by atoms with Crippen LogP contribution in [0.3, 0.4) is 0 Å². The van der Waals surface area contributed by atoms with Crippen molar-refractivity contribution in [2.45, 2.75) is 6.04 Å². The summed E-state index contributed by atoms with van der Waals surface area (Å²) in [5.74, 6) is 0.811. The zero-order valence-corrected chi connectivity index (χ0v) is 16.1. The molecule has 1 fully saturated rings. The lowest BCUT2D eigenvalue weighted by atomic mass is 10.1. The average molecular weight is 414 g/mol. The molecule has 1 aliphatic rings. The molecule has 2 aromatic rings. The fourth-order valence-corrected chi connectivity index (χ4v) is 3.38. The second-order valence-corrected chi connectivity index (χ2v) is 7.06. The normalized spacial score (nSPS) is 16.0. The summed E-state index contributed by atoms with van der Waals surface area (Å²) in [7, 11) is 1.62. The molecule has 2 aromatic carbocycles. The lowest BCUT2D eigenvalue weighted by molar-refractivity contribution is 0.0606. The molecule has 3 rings (SSSR count). The minimum atomic E-state index is -0.314. The van der Waals surface area contributed by atoms with Crippen molar-refractivity contribution in [2.24, 2.45) is 0 Å². The maximum Gasteiger partial charge on any atom is 0.253 e. The molecule has 0 spiro atoms. The van der Waals surface area contributed by atoms with Gasteiger partial charge in [0.15, 0.2) is 0 Å². The number of methoxy groups -OCH3 is 1. The Hall–Kier alpha value is -2.36. The molecule has 0 unspecified atom stereocenters. The minimum Gasteiger partial charge on any atom is -0.497 e. The van der Waals surface area contributed by atoms with Gasteiger partial charge in [-0.3, -0.25) is 9.69 Å². The molecular weight excluding hydrogens is 394 g/mol. The minimum absolute atomic E-state index is 0.0371. The molecule has 1 saturated heterocycles. The van der Waals surface area contributed by atoms with Gasteiger partial charge in [0, 0.05) is 36.2 Å². The van der Waals surface area contributed by atoms with E-state index in [-0.39, 0.29) is 11.9 Å². The summed E-state index contributed by atoms with van der Waals surface area (Å²) < 4.78 is 6.13. The molecule has 1 amide bonds. The number of nitriles is 1. The van der Waals surface area contributed by atoms with Crippen molar-refractivity contribution in [3.05, 3.63) is 64.1 Å². The smallest absolute Gasteiger partial charge is 0.253 e. The second-order valence-electron chi connectivity index (χ2n) is 6.14. The Balaban J connectivity index is 1.63. The van der Waals surface area contributed by atoms with Crippen LogP contribution in [0.25, 0.3) is 0 Å². The van der Waals surface area contributed by atoms with Crippen LogP contribution < -0.4 is 4.74 Å². The molecule has 1 heterocycles. The first kappa shape index (κ1) is 18.4. The monoisotopic (exact) mass is 413 g/mol. The number of piperazine rings is 1. The maximum atomic E-state index is 12.6. The number of hydrogen-bond acceptors (Lipinski definition) is 4. The fourth-order valence-electron chi connectivity index (χ4n) is 3.11. The van der Waals surface area contributed by atoms with Gasteiger partial charge in [-0.2, -0.15) is 5.26 Å². The third-order valence-corrected chi connectivity index (χ3v) is 5.14.